The third kappa shape index (κ3) is 8.40. The lowest BCUT2D eigenvalue weighted by molar-refractivity contribution is -0.144. The maximum absolute atomic E-state index is 14.6. The first kappa shape index (κ1) is 37.4. The molecule has 0 saturated carbocycles. The van der Waals surface area contributed by atoms with Crippen molar-refractivity contribution in [3.05, 3.63) is 79.4 Å². The highest BCUT2D eigenvalue weighted by Gasteiger charge is 2.42. The van der Waals surface area contributed by atoms with Crippen molar-refractivity contribution in [3.8, 4) is 0 Å². The molecule has 1 atom stereocenters. The zero-order valence-corrected chi connectivity index (χ0v) is 32.2. The van der Waals surface area contributed by atoms with Gasteiger partial charge in [-0.3, -0.25) is 9.52 Å². The first-order chi connectivity index (χ1) is 23.2. The van der Waals surface area contributed by atoms with E-state index in [0.717, 1.165) is 45.5 Å². The Balaban J connectivity index is 1.58. The van der Waals surface area contributed by atoms with Crippen molar-refractivity contribution in [1.29, 1.82) is 0 Å². The molecule has 0 radical (unpaired) electrons. The molecule has 20 heteroatoms. The monoisotopic (exact) mass is 851 g/mol. The van der Waals surface area contributed by atoms with E-state index in [2.05, 4.69) is 30.6 Å². The van der Waals surface area contributed by atoms with E-state index in [1.165, 1.54) is 37.4 Å². The number of rotatable bonds is 12. The number of aromatic nitrogens is 2. The molecule has 4 aromatic rings. The molecule has 2 aromatic heterocycles. The van der Waals surface area contributed by atoms with E-state index < -0.39 is 42.8 Å². The Morgan fingerprint density at radius 3 is 2.53 bits per heavy atom. The number of hydrogen-bond acceptors (Lipinski definition) is 12. The van der Waals surface area contributed by atoms with E-state index >= 15 is 0 Å². The summed E-state index contributed by atoms with van der Waals surface area (Å²) < 4.78 is 78.5. The number of sulfonamides is 2. The number of benzene rings is 2. The normalized spacial score (nSPS) is 14.3. The molecule has 1 fully saturated rings. The van der Waals surface area contributed by atoms with Crippen LogP contribution in [0.5, 0.6) is 0 Å². The quantitative estimate of drug-likeness (QED) is 0.171. The minimum Gasteiger partial charge on any atom is -0.464 e. The Labute approximate surface area is 308 Å². The van der Waals surface area contributed by atoms with Crippen molar-refractivity contribution in [2.45, 2.75) is 36.1 Å². The number of halogens is 3. The molecule has 1 amide bonds. The van der Waals surface area contributed by atoms with Crippen LogP contribution in [-0.4, -0.2) is 74.8 Å². The van der Waals surface area contributed by atoms with Crippen LogP contribution in [0.4, 0.5) is 14.7 Å². The number of thiazole rings is 2. The molecule has 5 rings (SSSR count). The lowest BCUT2D eigenvalue weighted by atomic mass is 10.2. The van der Waals surface area contributed by atoms with Crippen molar-refractivity contribution in [2.75, 3.05) is 40.2 Å². The van der Waals surface area contributed by atoms with Gasteiger partial charge in [0.1, 0.15) is 10.7 Å². The molecule has 12 nitrogen and oxygen atoms in total. The van der Waals surface area contributed by atoms with E-state index in [1.54, 1.807) is 23.6 Å². The molecule has 1 unspecified atom stereocenters. The second-order valence-corrected chi connectivity index (χ2v) is 18.5. The maximum Gasteiger partial charge on any atom is 0.335 e. The molecule has 1 N–H and O–H groups in total. The van der Waals surface area contributed by atoms with Crippen LogP contribution in [0.1, 0.15) is 28.3 Å². The number of thioether (sulfide) groups is 1. The summed E-state index contributed by atoms with van der Waals surface area (Å²) in [6.07, 6.45) is 2.47. The fraction of sp³-hybridized carbons (Fsp3) is 0.310. The van der Waals surface area contributed by atoms with E-state index in [-0.39, 0.29) is 49.6 Å². The topological polar surface area (TPSA) is 156 Å². The molecule has 1 saturated heterocycles. The van der Waals surface area contributed by atoms with Crippen LogP contribution in [0.15, 0.2) is 63.1 Å². The molecule has 3 heterocycles. The molecule has 0 bridgehead atoms. The summed E-state index contributed by atoms with van der Waals surface area (Å²) in [6, 6.07) is 5.96. The molecule has 262 valence electrons. The minimum absolute atomic E-state index is 0.0322. The first-order valence-electron chi connectivity index (χ1n) is 14.4. The average Bonchev–Trinajstić information content (AvgIpc) is 3.70. The zero-order chi connectivity index (χ0) is 35.5. The van der Waals surface area contributed by atoms with Crippen molar-refractivity contribution in [1.82, 2.24) is 14.9 Å². The van der Waals surface area contributed by atoms with E-state index in [4.69, 9.17) is 16.3 Å². The average molecular weight is 853 g/mol. The fourth-order valence-corrected chi connectivity index (χ4v) is 11.4. The third-order valence-electron chi connectivity index (χ3n) is 7.12. The Hall–Kier alpha value is -2.81. The number of hydrogen-bond donors (Lipinski definition) is 1. The highest BCUT2D eigenvalue weighted by molar-refractivity contribution is 9.10. The predicted molar refractivity (Wildman–Crippen MR) is 192 cm³/mol. The number of nitrogens with one attached hydrogen (secondary N) is 1. The lowest BCUT2D eigenvalue weighted by Gasteiger charge is -2.29. The molecule has 2 aromatic carbocycles. The second kappa shape index (κ2) is 15.6. The number of nitrogens with zero attached hydrogens (tertiary/aromatic N) is 4. The minimum atomic E-state index is -4.65. The van der Waals surface area contributed by atoms with Crippen LogP contribution in [-0.2, 0) is 40.8 Å². The second-order valence-electron chi connectivity index (χ2n) is 10.3. The summed E-state index contributed by atoms with van der Waals surface area (Å²) in [5.41, 5.74) is 0.209. The third-order valence-corrected chi connectivity index (χ3v) is 14.4. The molecule has 49 heavy (non-hydrogen) atoms. The number of esters is 1. The van der Waals surface area contributed by atoms with Crippen molar-refractivity contribution >= 4 is 104 Å². The number of ether oxygens (including phenoxy) is 1. The largest absolute Gasteiger partial charge is 0.464 e. The Kier molecular flexibility index (Phi) is 11.9. The molecule has 1 aliphatic rings. The summed E-state index contributed by atoms with van der Waals surface area (Å²) in [6.45, 7) is 4.13. The van der Waals surface area contributed by atoms with Gasteiger partial charge in [0.15, 0.2) is 11.2 Å². The summed E-state index contributed by atoms with van der Waals surface area (Å²) in [5, 5.41) is -0.261. The number of carbonyl (C=O) groups excluding carboxylic acids is 2. The van der Waals surface area contributed by atoms with E-state index in [9.17, 15) is 30.8 Å². The van der Waals surface area contributed by atoms with Crippen LogP contribution in [0, 0.1) is 12.7 Å². The Morgan fingerprint density at radius 2 is 1.84 bits per heavy atom. The van der Waals surface area contributed by atoms with Gasteiger partial charge in [-0.25, -0.2) is 40.3 Å². The summed E-state index contributed by atoms with van der Waals surface area (Å²) in [7, 11) is -9.13. The predicted octanol–water partition coefficient (Wildman–Crippen LogP) is 5.88. The van der Waals surface area contributed by atoms with Crippen LogP contribution in [0.2, 0.25) is 5.02 Å². The molecular formula is C29H28BrClFN5O7S5. The number of carbonyl (C=O) groups is 2. The Morgan fingerprint density at radius 1 is 1.10 bits per heavy atom. The first-order valence-corrected chi connectivity index (χ1v) is 21.3. The SMILES string of the molecule is CCOC(=O)C(c1cnc(NS(=O)(=O)c2ccc(Br)cc2F)s1)N(c1ncc(CC(=O)N2CCSCC2)s1)S(=O)(=O)c1cccc(Cl)c1C. The van der Waals surface area contributed by atoms with Crippen LogP contribution in [0.25, 0.3) is 0 Å². The fourth-order valence-electron chi connectivity index (χ4n) is 4.75. The van der Waals surface area contributed by atoms with Crippen molar-refractivity contribution < 1.29 is 35.6 Å². The molecule has 0 aliphatic carbocycles. The van der Waals surface area contributed by atoms with Crippen molar-refractivity contribution in [2.24, 2.45) is 0 Å². The zero-order valence-electron chi connectivity index (χ0n) is 25.8. The van der Waals surface area contributed by atoms with Crippen LogP contribution >= 0.6 is 62.0 Å². The van der Waals surface area contributed by atoms with Crippen LogP contribution in [0.3, 0.4) is 0 Å². The van der Waals surface area contributed by atoms with Crippen molar-refractivity contribution in [3.63, 3.8) is 0 Å². The van der Waals surface area contributed by atoms with Gasteiger partial charge in [-0.2, -0.15) is 11.8 Å². The Bertz CT molecular complexity index is 2090. The summed E-state index contributed by atoms with van der Waals surface area (Å²) in [5.74, 6) is -0.525. The van der Waals surface area contributed by atoms with Gasteiger partial charge in [-0.15, -0.1) is 11.3 Å². The van der Waals surface area contributed by atoms with E-state index in [1.807, 2.05) is 0 Å². The van der Waals surface area contributed by atoms with Crippen LogP contribution < -0.4 is 9.03 Å². The highest BCUT2D eigenvalue weighted by atomic mass is 79.9. The highest BCUT2D eigenvalue weighted by Crippen LogP contribution is 2.41. The smallest absolute Gasteiger partial charge is 0.335 e. The van der Waals surface area contributed by atoms with E-state index in [0.29, 0.717) is 33.8 Å². The van der Waals surface area contributed by atoms with Gasteiger partial charge in [0.2, 0.25) is 11.0 Å². The molecular weight excluding hydrogens is 825 g/mol. The molecule has 1 aliphatic heterocycles. The maximum atomic E-state index is 14.6. The number of anilines is 2. The standard InChI is InChI=1S/C29H28BrClFN5O7S5/c1-3-44-27(39)26(22-16-33-28(47-22)35-48(40,41)24-8-7-18(30)13-21(24)32)37(49(42,43)23-6-4-5-20(31)17(23)2)29-34-15-19(46-29)14-25(38)36-9-11-45-12-10-36/h4-8,13,15-16,26H,3,9-12,14H2,1-2H3,(H,33,35). The lowest BCUT2D eigenvalue weighted by Crippen LogP contribution is -2.40. The van der Waals surface area contributed by atoms with Gasteiger partial charge < -0.3 is 9.64 Å². The van der Waals surface area contributed by atoms with Gasteiger partial charge in [-0.05, 0) is 49.7 Å². The van der Waals surface area contributed by atoms with Gasteiger partial charge in [0.25, 0.3) is 20.0 Å². The van der Waals surface area contributed by atoms with Gasteiger partial charge >= 0.3 is 5.97 Å². The number of amides is 1. The summed E-state index contributed by atoms with van der Waals surface area (Å²) in [4.78, 5) is 36.5. The van der Waals surface area contributed by atoms with Gasteiger partial charge in [0.05, 0.1) is 22.8 Å². The van der Waals surface area contributed by atoms with Gasteiger partial charge in [0, 0.05) is 51.4 Å². The van der Waals surface area contributed by atoms with Gasteiger partial charge in [-0.1, -0.05) is 44.9 Å². The molecule has 0 spiro atoms. The summed E-state index contributed by atoms with van der Waals surface area (Å²) >= 11 is 12.7.